The van der Waals surface area contributed by atoms with Crippen molar-refractivity contribution in [2.75, 3.05) is 4.90 Å². The third kappa shape index (κ3) is 6.07. The molecule has 0 N–H and O–H groups in total. The minimum Gasteiger partial charge on any atom is -0.457 e. The summed E-state index contributed by atoms with van der Waals surface area (Å²) in [6, 6.07) is 31.2. The van der Waals surface area contributed by atoms with E-state index in [2.05, 4.69) is 13.2 Å². The van der Waals surface area contributed by atoms with Gasteiger partial charge in [0.1, 0.15) is 23.0 Å². The lowest BCUT2D eigenvalue weighted by Gasteiger charge is -2.26. The number of rotatable bonds is 9. The summed E-state index contributed by atoms with van der Waals surface area (Å²) >= 11 is 0. The quantitative estimate of drug-likeness (QED) is 0.145. The summed E-state index contributed by atoms with van der Waals surface area (Å²) in [5.74, 6) is 1.02. The summed E-state index contributed by atoms with van der Waals surface area (Å²) in [5.41, 5.74) is 2.23. The number of nitrogens with zero attached hydrogens (tertiary/aromatic N) is 1. The molecule has 6 heteroatoms. The lowest BCUT2D eigenvalue weighted by molar-refractivity contribution is -0.129. The molecular weight excluding hydrogens is 454 g/mol. The van der Waals surface area contributed by atoms with E-state index >= 15 is 0 Å². The van der Waals surface area contributed by atoms with Crippen molar-refractivity contribution in [1.82, 2.24) is 0 Å². The van der Waals surface area contributed by atoms with Crippen LogP contribution in [0.15, 0.2) is 128 Å². The van der Waals surface area contributed by atoms with E-state index in [9.17, 15) is 9.59 Å². The maximum atomic E-state index is 11.7. The molecule has 0 radical (unpaired) electrons. The zero-order valence-corrected chi connectivity index (χ0v) is 19.4. The minimum atomic E-state index is -0.556. The van der Waals surface area contributed by atoms with Gasteiger partial charge in [-0.25, -0.2) is 9.59 Å². The van der Waals surface area contributed by atoms with Gasteiger partial charge in [-0.1, -0.05) is 43.5 Å². The second kappa shape index (κ2) is 11.4. The summed E-state index contributed by atoms with van der Waals surface area (Å²) in [4.78, 5) is 25.4. The number of benzene rings is 4. The Kier molecular flexibility index (Phi) is 7.58. The van der Waals surface area contributed by atoms with Crippen molar-refractivity contribution in [1.29, 1.82) is 0 Å². The summed E-state index contributed by atoms with van der Waals surface area (Å²) < 4.78 is 16.6. The molecule has 0 atom stereocenters. The molecule has 4 rings (SSSR count). The Morgan fingerprint density at radius 2 is 1.03 bits per heavy atom. The molecular formula is C30H23NO5. The van der Waals surface area contributed by atoms with Gasteiger partial charge in [0.25, 0.3) is 0 Å². The largest absolute Gasteiger partial charge is 0.457 e. The van der Waals surface area contributed by atoms with Crippen LogP contribution in [0.4, 0.5) is 17.1 Å². The van der Waals surface area contributed by atoms with Gasteiger partial charge in [0.2, 0.25) is 0 Å². The van der Waals surface area contributed by atoms with Crippen molar-refractivity contribution in [3.05, 3.63) is 128 Å². The molecule has 0 bridgehead atoms. The molecule has 0 spiro atoms. The molecule has 0 heterocycles. The molecule has 36 heavy (non-hydrogen) atoms. The van der Waals surface area contributed by atoms with Crippen LogP contribution in [0.5, 0.6) is 23.0 Å². The SMILES string of the molecule is C=CC(=O)Oc1cccc(N(c2ccc(Oc3ccccc3)cc2)c2cccc(OC(=O)C=C)c2)c1. The van der Waals surface area contributed by atoms with Gasteiger partial charge in [-0.05, 0) is 60.7 Å². The lowest BCUT2D eigenvalue weighted by Crippen LogP contribution is -2.11. The van der Waals surface area contributed by atoms with Crippen LogP contribution in [0, 0.1) is 0 Å². The highest BCUT2D eigenvalue weighted by molar-refractivity contribution is 5.85. The first-order valence-corrected chi connectivity index (χ1v) is 11.1. The normalized spacial score (nSPS) is 10.1. The summed E-state index contributed by atoms with van der Waals surface area (Å²) in [5, 5.41) is 0. The zero-order chi connectivity index (χ0) is 25.3. The van der Waals surface area contributed by atoms with Crippen molar-refractivity contribution >= 4 is 29.0 Å². The van der Waals surface area contributed by atoms with Gasteiger partial charge in [-0.3, -0.25) is 0 Å². The number of anilines is 3. The van der Waals surface area contributed by atoms with E-state index in [1.807, 2.05) is 71.6 Å². The highest BCUT2D eigenvalue weighted by Gasteiger charge is 2.15. The maximum Gasteiger partial charge on any atom is 0.335 e. The maximum absolute atomic E-state index is 11.7. The smallest absolute Gasteiger partial charge is 0.335 e. The van der Waals surface area contributed by atoms with Gasteiger partial charge in [0, 0.05) is 41.3 Å². The number of hydrogen-bond acceptors (Lipinski definition) is 6. The summed E-state index contributed by atoms with van der Waals surface area (Å²) in [7, 11) is 0. The van der Waals surface area contributed by atoms with Gasteiger partial charge in [0.15, 0.2) is 0 Å². The Morgan fingerprint density at radius 3 is 1.53 bits per heavy atom. The fourth-order valence-electron chi connectivity index (χ4n) is 3.42. The standard InChI is InChI=1S/C30H23NO5/c1-3-29(32)35-27-14-8-10-23(20-27)31(24-11-9-15-28(21-24)36-30(33)4-2)22-16-18-26(19-17-22)34-25-12-6-5-7-13-25/h3-21H,1-2H2. The van der Waals surface area contributed by atoms with Crippen molar-refractivity contribution in [3.8, 4) is 23.0 Å². The fourth-order valence-corrected chi connectivity index (χ4v) is 3.42. The van der Waals surface area contributed by atoms with Crippen molar-refractivity contribution in [2.45, 2.75) is 0 Å². The number of ether oxygens (including phenoxy) is 3. The average molecular weight is 478 g/mol. The van der Waals surface area contributed by atoms with Gasteiger partial charge < -0.3 is 19.1 Å². The van der Waals surface area contributed by atoms with Crippen molar-refractivity contribution in [3.63, 3.8) is 0 Å². The lowest BCUT2D eigenvalue weighted by atomic mass is 10.1. The van der Waals surface area contributed by atoms with E-state index < -0.39 is 11.9 Å². The van der Waals surface area contributed by atoms with Crippen LogP contribution in [-0.2, 0) is 9.59 Å². The molecule has 0 saturated heterocycles. The number of carbonyl (C=O) groups excluding carboxylic acids is 2. The Hall–Kier alpha value is -5.10. The van der Waals surface area contributed by atoms with E-state index in [0.717, 1.165) is 23.6 Å². The van der Waals surface area contributed by atoms with Crippen LogP contribution in [0.3, 0.4) is 0 Å². The molecule has 4 aromatic carbocycles. The van der Waals surface area contributed by atoms with Crippen LogP contribution in [0.1, 0.15) is 0 Å². The molecule has 6 nitrogen and oxygen atoms in total. The van der Waals surface area contributed by atoms with Crippen LogP contribution < -0.4 is 19.1 Å². The first-order chi connectivity index (χ1) is 17.6. The third-order valence-electron chi connectivity index (χ3n) is 5.00. The zero-order valence-electron chi connectivity index (χ0n) is 19.4. The molecule has 0 saturated carbocycles. The third-order valence-corrected chi connectivity index (χ3v) is 5.00. The number of para-hydroxylation sites is 1. The van der Waals surface area contributed by atoms with Crippen LogP contribution >= 0.6 is 0 Å². The van der Waals surface area contributed by atoms with Crippen molar-refractivity contribution < 1.29 is 23.8 Å². The van der Waals surface area contributed by atoms with Gasteiger partial charge in [-0.15, -0.1) is 0 Å². The minimum absolute atomic E-state index is 0.362. The Bertz CT molecular complexity index is 1310. The van der Waals surface area contributed by atoms with Crippen LogP contribution in [-0.4, -0.2) is 11.9 Å². The van der Waals surface area contributed by atoms with Gasteiger partial charge in [0.05, 0.1) is 0 Å². The van der Waals surface area contributed by atoms with Gasteiger partial charge in [-0.2, -0.15) is 0 Å². The molecule has 0 aliphatic rings. The molecule has 0 aromatic heterocycles. The number of carbonyl (C=O) groups is 2. The van der Waals surface area contributed by atoms with Crippen molar-refractivity contribution in [2.24, 2.45) is 0 Å². The van der Waals surface area contributed by atoms with E-state index in [1.165, 1.54) is 0 Å². The molecule has 0 unspecified atom stereocenters. The molecule has 0 amide bonds. The first-order valence-electron chi connectivity index (χ1n) is 11.1. The highest BCUT2D eigenvalue weighted by atomic mass is 16.5. The molecule has 4 aromatic rings. The van der Waals surface area contributed by atoms with Crippen LogP contribution in [0.25, 0.3) is 0 Å². The van der Waals surface area contributed by atoms with Crippen LogP contribution in [0.2, 0.25) is 0 Å². The average Bonchev–Trinajstić information content (AvgIpc) is 2.91. The predicted molar refractivity (Wildman–Crippen MR) is 139 cm³/mol. The first kappa shape index (κ1) is 24.0. The molecule has 0 aliphatic heterocycles. The van der Waals surface area contributed by atoms with E-state index in [-0.39, 0.29) is 0 Å². The fraction of sp³-hybridized carbons (Fsp3) is 0. The number of hydrogen-bond donors (Lipinski definition) is 0. The monoisotopic (exact) mass is 477 g/mol. The molecule has 178 valence electrons. The Balaban J connectivity index is 1.72. The Labute approximate surface area is 209 Å². The summed E-state index contributed by atoms with van der Waals surface area (Å²) in [6.45, 7) is 6.89. The van der Waals surface area contributed by atoms with E-state index in [0.29, 0.717) is 28.6 Å². The highest BCUT2D eigenvalue weighted by Crippen LogP contribution is 2.38. The second-order valence-electron chi connectivity index (χ2n) is 7.49. The summed E-state index contributed by atoms with van der Waals surface area (Å²) in [6.07, 6.45) is 2.21. The predicted octanol–water partition coefficient (Wildman–Crippen LogP) is 7.13. The van der Waals surface area contributed by atoms with E-state index in [1.54, 1.807) is 36.4 Å². The van der Waals surface area contributed by atoms with Gasteiger partial charge >= 0.3 is 11.9 Å². The Morgan fingerprint density at radius 1 is 0.556 bits per heavy atom. The molecule has 0 fully saturated rings. The second-order valence-corrected chi connectivity index (χ2v) is 7.49. The topological polar surface area (TPSA) is 65.1 Å². The van der Waals surface area contributed by atoms with E-state index in [4.69, 9.17) is 14.2 Å². The molecule has 0 aliphatic carbocycles. The number of esters is 2.